The zero-order valence-corrected chi connectivity index (χ0v) is 26.3. The van der Waals surface area contributed by atoms with Crippen molar-refractivity contribution in [1.29, 1.82) is 0 Å². The van der Waals surface area contributed by atoms with Crippen LogP contribution in [0.15, 0.2) is 122 Å². The Hall–Kier alpha value is -5.28. The topological polar surface area (TPSA) is 108 Å². The molecular formula is C39H43BrN2O6. The summed E-state index contributed by atoms with van der Waals surface area (Å²) in [6.07, 6.45) is 2.93. The van der Waals surface area contributed by atoms with E-state index in [1.165, 1.54) is 38.2 Å². The Morgan fingerprint density at radius 3 is 1.60 bits per heavy atom. The first-order chi connectivity index (χ1) is 21.9. The van der Waals surface area contributed by atoms with Crippen LogP contribution in [0.1, 0.15) is 54.1 Å². The number of benzene rings is 4. The van der Waals surface area contributed by atoms with Crippen molar-refractivity contribution >= 4 is 49.7 Å². The lowest BCUT2D eigenvalue weighted by Crippen LogP contribution is -2.01. The highest BCUT2D eigenvalue weighted by Crippen LogP contribution is 2.22. The molecule has 0 aliphatic carbocycles. The SMILES string of the molecule is BrCc1ccccc1.C.C.C.COC(=O)c1cnc2cc(O)ccc2c1.COC(=O)c1cnc2cc(OCc3ccccc3)ccc2c1. The number of carbonyl (C=O) groups excluding carboxylic acids is 2. The van der Waals surface area contributed by atoms with Gasteiger partial charge < -0.3 is 19.3 Å². The first-order valence-electron chi connectivity index (χ1n) is 13.8. The molecule has 0 atom stereocenters. The molecule has 0 spiro atoms. The number of phenolic OH excluding ortho intramolecular Hbond substituents is 1. The zero-order chi connectivity index (χ0) is 32.0. The van der Waals surface area contributed by atoms with Gasteiger partial charge in [-0.25, -0.2) is 9.59 Å². The van der Waals surface area contributed by atoms with Gasteiger partial charge in [0.05, 0.1) is 36.4 Å². The van der Waals surface area contributed by atoms with Crippen LogP contribution in [-0.4, -0.2) is 41.2 Å². The van der Waals surface area contributed by atoms with E-state index in [0.717, 1.165) is 32.9 Å². The van der Waals surface area contributed by atoms with Crippen LogP contribution in [0.3, 0.4) is 0 Å². The number of esters is 2. The van der Waals surface area contributed by atoms with Gasteiger partial charge in [0.2, 0.25) is 0 Å². The van der Waals surface area contributed by atoms with Crippen molar-refractivity contribution in [2.75, 3.05) is 14.2 Å². The van der Waals surface area contributed by atoms with Crippen LogP contribution in [-0.2, 0) is 21.4 Å². The summed E-state index contributed by atoms with van der Waals surface area (Å²) in [5.41, 5.74) is 4.69. The molecule has 252 valence electrons. The summed E-state index contributed by atoms with van der Waals surface area (Å²) in [5, 5.41) is 11.8. The molecule has 0 aliphatic heterocycles. The van der Waals surface area contributed by atoms with Crippen LogP contribution >= 0.6 is 15.9 Å². The van der Waals surface area contributed by atoms with Crippen molar-refractivity contribution < 1.29 is 28.9 Å². The molecule has 8 nitrogen and oxygen atoms in total. The molecule has 0 saturated carbocycles. The van der Waals surface area contributed by atoms with Gasteiger partial charge in [-0.1, -0.05) is 98.9 Å². The van der Waals surface area contributed by atoms with Gasteiger partial charge in [0.25, 0.3) is 0 Å². The standard InChI is InChI=1S/C18H15NO3.C11H9NO3.C7H7Br.3CH4/c1-21-18(20)15-9-14-7-8-16(10-17(14)19-11-15)22-12-13-5-3-2-4-6-13;1-15-11(14)8-4-7-2-3-9(13)5-10(7)12-6-8;8-6-7-4-2-1-3-5-7;;;/h2-11H,12H2,1H3;2-6,13H,1H3;1-5H,6H2;3*1H4. The van der Waals surface area contributed by atoms with E-state index in [0.29, 0.717) is 23.3 Å². The third-order valence-electron chi connectivity index (χ3n) is 6.41. The van der Waals surface area contributed by atoms with E-state index < -0.39 is 5.97 Å². The minimum absolute atomic E-state index is 0. The number of ether oxygens (including phenoxy) is 3. The van der Waals surface area contributed by atoms with Crippen LogP contribution in [0.5, 0.6) is 11.5 Å². The Balaban J connectivity index is 0.000000386. The van der Waals surface area contributed by atoms with Crippen molar-refractivity contribution in [2.24, 2.45) is 0 Å². The van der Waals surface area contributed by atoms with Crippen molar-refractivity contribution in [3.8, 4) is 11.5 Å². The first kappa shape index (κ1) is 40.7. The number of aromatic hydroxyl groups is 1. The summed E-state index contributed by atoms with van der Waals surface area (Å²) < 4.78 is 15.0. The summed E-state index contributed by atoms with van der Waals surface area (Å²) in [7, 11) is 2.68. The predicted octanol–water partition coefficient (Wildman–Crippen LogP) is 9.82. The fourth-order valence-electron chi connectivity index (χ4n) is 4.07. The number of rotatable bonds is 6. The first-order valence-corrected chi connectivity index (χ1v) is 14.9. The van der Waals surface area contributed by atoms with E-state index in [2.05, 4.69) is 42.8 Å². The Kier molecular flexibility index (Phi) is 17.6. The number of hydrogen-bond acceptors (Lipinski definition) is 8. The normalized spacial score (nSPS) is 9.48. The van der Waals surface area contributed by atoms with Gasteiger partial charge in [0.15, 0.2) is 0 Å². The van der Waals surface area contributed by atoms with Crippen LogP contribution in [0.4, 0.5) is 0 Å². The van der Waals surface area contributed by atoms with E-state index in [1.54, 1.807) is 24.3 Å². The molecule has 0 fully saturated rings. The molecule has 1 N–H and O–H groups in total. The average molecular weight is 716 g/mol. The minimum Gasteiger partial charge on any atom is -0.508 e. The highest BCUT2D eigenvalue weighted by atomic mass is 79.9. The number of aromatic nitrogens is 2. The Morgan fingerprint density at radius 1 is 0.646 bits per heavy atom. The Bertz CT molecular complexity index is 1870. The van der Waals surface area contributed by atoms with E-state index in [-0.39, 0.29) is 34.0 Å². The molecule has 48 heavy (non-hydrogen) atoms. The molecule has 6 rings (SSSR count). The van der Waals surface area contributed by atoms with Crippen molar-refractivity contribution in [3.63, 3.8) is 0 Å². The Morgan fingerprint density at radius 2 is 1.12 bits per heavy atom. The highest BCUT2D eigenvalue weighted by Gasteiger charge is 2.08. The molecular weight excluding hydrogens is 672 g/mol. The molecule has 2 aromatic heterocycles. The maximum Gasteiger partial charge on any atom is 0.339 e. The quantitative estimate of drug-likeness (QED) is 0.134. The van der Waals surface area contributed by atoms with Gasteiger partial charge in [0.1, 0.15) is 18.1 Å². The fourth-order valence-corrected chi connectivity index (χ4v) is 4.44. The minimum atomic E-state index is -0.419. The lowest BCUT2D eigenvalue weighted by molar-refractivity contribution is 0.0591. The van der Waals surface area contributed by atoms with Gasteiger partial charge in [-0.15, -0.1) is 0 Å². The highest BCUT2D eigenvalue weighted by molar-refractivity contribution is 9.08. The van der Waals surface area contributed by atoms with Gasteiger partial charge >= 0.3 is 11.9 Å². The third-order valence-corrected chi connectivity index (χ3v) is 7.06. The van der Waals surface area contributed by atoms with E-state index in [4.69, 9.17) is 9.47 Å². The summed E-state index contributed by atoms with van der Waals surface area (Å²) in [5.74, 6) is 0.0896. The number of fused-ring (bicyclic) bond motifs is 2. The average Bonchev–Trinajstić information content (AvgIpc) is 3.10. The number of hydrogen-bond donors (Lipinski definition) is 1. The summed E-state index contributed by atoms with van der Waals surface area (Å²) in [6, 6.07) is 34.1. The van der Waals surface area contributed by atoms with Crippen LogP contribution < -0.4 is 4.74 Å². The summed E-state index contributed by atoms with van der Waals surface area (Å²) in [4.78, 5) is 31.0. The molecule has 9 heteroatoms. The molecule has 6 aromatic rings. The van der Waals surface area contributed by atoms with Crippen LogP contribution in [0, 0.1) is 0 Å². The number of phenols is 1. The van der Waals surface area contributed by atoms with E-state index >= 15 is 0 Å². The summed E-state index contributed by atoms with van der Waals surface area (Å²) in [6.45, 7) is 0.507. The maximum absolute atomic E-state index is 11.5. The predicted molar refractivity (Wildman–Crippen MR) is 198 cm³/mol. The van der Waals surface area contributed by atoms with E-state index in [1.807, 2.05) is 66.7 Å². The van der Waals surface area contributed by atoms with Gasteiger partial charge in [-0.05, 0) is 47.5 Å². The molecule has 0 bridgehead atoms. The van der Waals surface area contributed by atoms with Crippen LogP contribution in [0.25, 0.3) is 21.8 Å². The smallest absolute Gasteiger partial charge is 0.339 e. The molecule has 0 radical (unpaired) electrons. The number of nitrogens with zero attached hydrogens (tertiary/aromatic N) is 2. The third kappa shape index (κ3) is 11.8. The largest absolute Gasteiger partial charge is 0.508 e. The fraction of sp³-hybridized carbons (Fsp3) is 0.179. The zero-order valence-electron chi connectivity index (χ0n) is 24.7. The van der Waals surface area contributed by atoms with Crippen LogP contribution in [0.2, 0.25) is 0 Å². The Labute approximate surface area is 291 Å². The molecule has 0 saturated heterocycles. The lowest BCUT2D eigenvalue weighted by atomic mass is 10.1. The molecule has 0 amide bonds. The second-order valence-electron chi connectivity index (χ2n) is 9.56. The van der Waals surface area contributed by atoms with Gasteiger partial charge in [-0.2, -0.15) is 0 Å². The summed E-state index contributed by atoms with van der Waals surface area (Å²) >= 11 is 3.36. The molecule has 0 unspecified atom stereocenters. The maximum atomic E-state index is 11.5. The number of halogens is 1. The van der Waals surface area contributed by atoms with Gasteiger partial charge in [0, 0.05) is 40.6 Å². The molecule has 4 aromatic carbocycles. The number of alkyl halides is 1. The van der Waals surface area contributed by atoms with Crippen molar-refractivity contribution in [3.05, 3.63) is 144 Å². The molecule has 0 aliphatic rings. The van der Waals surface area contributed by atoms with Crippen molar-refractivity contribution in [2.45, 2.75) is 34.2 Å². The number of methoxy groups -OCH3 is 2. The lowest BCUT2D eigenvalue weighted by Gasteiger charge is -2.07. The van der Waals surface area contributed by atoms with E-state index in [9.17, 15) is 14.7 Å². The second-order valence-corrected chi connectivity index (χ2v) is 10.1. The number of pyridine rings is 2. The van der Waals surface area contributed by atoms with Gasteiger partial charge in [-0.3, -0.25) is 9.97 Å². The monoisotopic (exact) mass is 714 g/mol. The second kappa shape index (κ2) is 20.8. The van der Waals surface area contributed by atoms with Crippen molar-refractivity contribution in [1.82, 2.24) is 9.97 Å². The number of carbonyl (C=O) groups is 2. The molecule has 2 heterocycles.